The molecule has 2 amide bonds. The van der Waals surface area contributed by atoms with Crippen LogP contribution in [-0.2, 0) is 14.3 Å². The SMILES string of the molecule is COc1cc(NC(=O)[C@@H]2CC[C@H](C(=O)O)O2)ccc1NC(=O)c1cccnc1. The first-order valence-corrected chi connectivity index (χ1v) is 8.56. The van der Waals surface area contributed by atoms with Gasteiger partial charge in [-0.2, -0.15) is 0 Å². The van der Waals surface area contributed by atoms with Crippen LogP contribution >= 0.6 is 0 Å². The van der Waals surface area contributed by atoms with Crippen molar-refractivity contribution in [3.05, 3.63) is 48.3 Å². The predicted molar refractivity (Wildman–Crippen MR) is 99.3 cm³/mol. The molecule has 0 aliphatic carbocycles. The summed E-state index contributed by atoms with van der Waals surface area (Å²) in [6.45, 7) is 0. The zero-order chi connectivity index (χ0) is 20.1. The van der Waals surface area contributed by atoms with Crippen molar-refractivity contribution in [2.24, 2.45) is 0 Å². The first-order chi connectivity index (χ1) is 13.5. The highest BCUT2D eigenvalue weighted by molar-refractivity contribution is 6.05. The number of aromatic nitrogens is 1. The maximum absolute atomic E-state index is 12.3. The van der Waals surface area contributed by atoms with Crippen LogP contribution in [0.25, 0.3) is 0 Å². The first-order valence-electron chi connectivity index (χ1n) is 8.56. The van der Waals surface area contributed by atoms with Crippen molar-refractivity contribution in [3.63, 3.8) is 0 Å². The summed E-state index contributed by atoms with van der Waals surface area (Å²) in [5.41, 5.74) is 1.26. The third kappa shape index (κ3) is 4.44. The Hall–Kier alpha value is -3.46. The third-order valence-corrected chi connectivity index (χ3v) is 4.23. The molecule has 28 heavy (non-hydrogen) atoms. The minimum absolute atomic E-state index is 0.288. The maximum atomic E-state index is 12.3. The van der Waals surface area contributed by atoms with E-state index in [0.29, 0.717) is 29.1 Å². The Morgan fingerprint density at radius 2 is 1.96 bits per heavy atom. The number of nitrogens with one attached hydrogen (secondary N) is 2. The van der Waals surface area contributed by atoms with Crippen LogP contribution in [0.3, 0.4) is 0 Å². The second-order valence-electron chi connectivity index (χ2n) is 6.13. The minimum atomic E-state index is -1.08. The molecule has 0 radical (unpaired) electrons. The van der Waals surface area contributed by atoms with Crippen molar-refractivity contribution >= 4 is 29.2 Å². The lowest BCUT2D eigenvalue weighted by Crippen LogP contribution is -2.29. The maximum Gasteiger partial charge on any atom is 0.332 e. The Bertz CT molecular complexity index is 886. The molecule has 0 saturated carbocycles. The summed E-state index contributed by atoms with van der Waals surface area (Å²) in [6.07, 6.45) is 1.85. The standard InChI is InChI=1S/C19H19N3O6/c1-27-16-9-12(21-18(24)14-6-7-15(28-14)19(25)26)4-5-13(16)22-17(23)11-3-2-8-20-10-11/h2-5,8-10,14-15H,6-7H2,1H3,(H,21,24)(H,22,23)(H,25,26)/t14-,15+/m0/s1. The molecule has 1 aliphatic heterocycles. The number of hydrogen-bond acceptors (Lipinski definition) is 6. The van der Waals surface area contributed by atoms with Gasteiger partial charge in [-0.25, -0.2) is 4.79 Å². The van der Waals surface area contributed by atoms with E-state index in [0.717, 1.165) is 0 Å². The van der Waals surface area contributed by atoms with E-state index in [1.165, 1.54) is 13.3 Å². The fourth-order valence-corrected chi connectivity index (χ4v) is 2.80. The summed E-state index contributed by atoms with van der Waals surface area (Å²) in [4.78, 5) is 39.4. The second-order valence-corrected chi connectivity index (χ2v) is 6.13. The number of amides is 2. The van der Waals surface area contributed by atoms with E-state index in [-0.39, 0.29) is 12.3 Å². The quantitative estimate of drug-likeness (QED) is 0.693. The summed E-state index contributed by atoms with van der Waals surface area (Å²) < 4.78 is 10.5. The molecular weight excluding hydrogens is 366 g/mol. The normalized spacial score (nSPS) is 18.3. The van der Waals surface area contributed by atoms with Gasteiger partial charge >= 0.3 is 5.97 Å². The molecule has 2 aromatic rings. The lowest BCUT2D eigenvalue weighted by molar-refractivity contribution is -0.150. The lowest BCUT2D eigenvalue weighted by atomic mass is 10.2. The van der Waals surface area contributed by atoms with Crippen LogP contribution in [-0.4, -0.2) is 47.2 Å². The van der Waals surface area contributed by atoms with Gasteiger partial charge in [0, 0.05) is 24.1 Å². The number of carbonyl (C=O) groups is 3. The van der Waals surface area contributed by atoms with Gasteiger partial charge in [0.2, 0.25) is 0 Å². The molecule has 3 N–H and O–H groups in total. The van der Waals surface area contributed by atoms with Crippen LogP contribution in [0.4, 0.5) is 11.4 Å². The number of anilines is 2. The first kappa shape index (κ1) is 19.3. The monoisotopic (exact) mass is 385 g/mol. The van der Waals surface area contributed by atoms with Crippen molar-refractivity contribution in [1.82, 2.24) is 4.98 Å². The molecule has 1 fully saturated rings. The Kier molecular flexibility index (Phi) is 5.85. The fraction of sp³-hybridized carbons (Fsp3) is 0.263. The molecule has 3 rings (SSSR count). The van der Waals surface area contributed by atoms with E-state index in [4.69, 9.17) is 14.6 Å². The van der Waals surface area contributed by atoms with Crippen LogP contribution in [0.5, 0.6) is 5.75 Å². The Morgan fingerprint density at radius 3 is 2.61 bits per heavy atom. The number of nitrogens with zero attached hydrogens (tertiary/aromatic N) is 1. The smallest absolute Gasteiger partial charge is 0.332 e. The van der Waals surface area contributed by atoms with Gasteiger partial charge in [-0.3, -0.25) is 14.6 Å². The van der Waals surface area contributed by atoms with Gasteiger partial charge in [0.1, 0.15) is 11.9 Å². The van der Waals surface area contributed by atoms with Crippen molar-refractivity contribution in [1.29, 1.82) is 0 Å². The highest BCUT2D eigenvalue weighted by Crippen LogP contribution is 2.29. The molecule has 9 nitrogen and oxygen atoms in total. The van der Waals surface area contributed by atoms with Crippen LogP contribution in [0, 0.1) is 0 Å². The number of benzene rings is 1. The number of carbonyl (C=O) groups excluding carboxylic acids is 2. The molecule has 0 bridgehead atoms. The minimum Gasteiger partial charge on any atom is -0.494 e. The van der Waals surface area contributed by atoms with Gasteiger partial charge in [-0.05, 0) is 37.1 Å². The Morgan fingerprint density at radius 1 is 1.18 bits per heavy atom. The van der Waals surface area contributed by atoms with E-state index in [9.17, 15) is 14.4 Å². The Balaban J connectivity index is 1.67. The summed E-state index contributed by atoms with van der Waals surface area (Å²) in [5, 5.41) is 14.3. The van der Waals surface area contributed by atoms with Crippen LogP contribution < -0.4 is 15.4 Å². The van der Waals surface area contributed by atoms with Crippen LogP contribution in [0.15, 0.2) is 42.7 Å². The predicted octanol–water partition coefficient (Wildman–Crippen LogP) is 1.91. The molecule has 2 atom stereocenters. The molecule has 2 heterocycles. The van der Waals surface area contributed by atoms with E-state index in [1.54, 1.807) is 36.5 Å². The number of carboxylic acid groups (broad SMARTS) is 1. The number of methoxy groups -OCH3 is 1. The van der Waals surface area contributed by atoms with Crippen molar-refractivity contribution in [2.45, 2.75) is 25.0 Å². The summed E-state index contributed by atoms with van der Waals surface area (Å²) >= 11 is 0. The Labute approximate surface area is 160 Å². The molecule has 1 aliphatic rings. The second kappa shape index (κ2) is 8.49. The number of aliphatic carboxylic acids is 1. The number of ether oxygens (including phenoxy) is 2. The highest BCUT2D eigenvalue weighted by Gasteiger charge is 2.34. The van der Waals surface area contributed by atoms with Gasteiger partial charge in [0.25, 0.3) is 11.8 Å². The summed E-state index contributed by atoms with van der Waals surface area (Å²) in [5.74, 6) is -1.50. The molecule has 0 spiro atoms. The van der Waals surface area contributed by atoms with E-state index < -0.39 is 24.1 Å². The lowest BCUT2D eigenvalue weighted by Gasteiger charge is -2.14. The third-order valence-electron chi connectivity index (χ3n) is 4.23. The average Bonchev–Trinajstić information content (AvgIpc) is 3.20. The number of pyridine rings is 1. The largest absolute Gasteiger partial charge is 0.494 e. The fourth-order valence-electron chi connectivity index (χ4n) is 2.80. The number of carboxylic acids is 1. The van der Waals surface area contributed by atoms with Crippen molar-refractivity contribution in [3.8, 4) is 5.75 Å². The number of hydrogen-bond donors (Lipinski definition) is 3. The van der Waals surface area contributed by atoms with E-state index >= 15 is 0 Å². The van der Waals surface area contributed by atoms with Gasteiger partial charge in [0.15, 0.2) is 6.10 Å². The van der Waals surface area contributed by atoms with Crippen LogP contribution in [0.1, 0.15) is 23.2 Å². The highest BCUT2D eigenvalue weighted by atomic mass is 16.5. The topological polar surface area (TPSA) is 127 Å². The molecular formula is C19H19N3O6. The molecule has 0 unspecified atom stereocenters. The molecule has 1 aromatic carbocycles. The number of rotatable bonds is 6. The summed E-state index contributed by atoms with van der Waals surface area (Å²) in [7, 11) is 1.44. The summed E-state index contributed by atoms with van der Waals surface area (Å²) in [6, 6.07) is 8.04. The molecule has 1 aromatic heterocycles. The van der Waals surface area contributed by atoms with Crippen molar-refractivity contribution in [2.75, 3.05) is 17.7 Å². The van der Waals surface area contributed by atoms with Crippen molar-refractivity contribution < 1.29 is 29.0 Å². The van der Waals surface area contributed by atoms with Gasteiger partial charge in [-0.1, -0.05) is 0 Å². The zero-order valence-electron chi connectivity index (χ0n) is 15.0. The average molecular weight is 385 g/mol. The van der Waals surface area contributed by atoms with E-state index in [1.807, 2.05) is 0 Å². The molecule has 9 heteroatoms. The van der Waals surface area contributed by atoms with Crippen LogP contribution in [0.2, 0.25) is 0 Å². The molecule has 146 valence electrons. The zero-order valence-corrected chi connectivity index (χ0v) is 15.0. The van der Waals surface area contributed by atoms with Gasteiger partial charge in [-0.15, -0.1) is 0 Å². The van der Waals surface area contributed by atoms with Gasteiger partial charge in [0.05, 0.1) is 18.4 Å². The van der Waals surface area contributed by atoms with E-state index in [2.05, 4.69) is 15.6 Å². The van der Waals surface area contributed by atoms with Gasteiger partial charge < -0.3 is 25.2 Å². The molecule has 1 saturated heterocycles.